The van der Waals surface area contributed by atoms with E-state index < -0.39 is 0 Å². The van der Waals surface area contributed by atoms with Gasteiger partial charge in [0.25, 0.3) is 0 Å². The van der Waals surface area contributed by atoms with Gasteiger partial charge in [-0.1, -0.05) is 46.3 Å². The van der Waals surface area contributed by atoms with Crippen LogP contribution in [0, 0.1) is 46.3 Å². The van der Waals surface area contributed by atoms with Crippen LogP contribution in [0.3, 0.4) is 0 Å². The van der Waals surface area contributed by atoms with Crippen molar-refractivity contribution in [1.82, 2.24) is 0 Å². The van der Waals surface area contributed by atoms with Gasteiger partial charge in [-0.25, -0.2) is 0 Å². The van der Waals surface area contributed by atoms with E-state index in [1.165, 1.54) is 38.5 Å². The van der Waals surface area contributed by atoms with Crippen LogP contribution in [0.5, 0.6) is 0 Å². The molecule has 2 heteroatoms. The molecule has 0 amide bonds. The highest BCUT2D eigenvalue weighted by Gasteiger charge is 2.59. The molecule has 0 aromatic rings. The Labute approximate surface area is 179 Å². The van der Waals surface area contributed by atoms with Gasteiger partial charge in [-0.15, -0.1) is 0 Å². The number of hydrogen-bond donors (Lipinski definition) is 2. The van der Waals surface area contributed by atoms with Crippen LogP contribution in [0.1, 0.15) is 98.8 Å². The van der Waals surface area contributed by atoms with Crippen LogP contribution < -0.4 is 0 Å². The lowest BCUT2D eigenvalue weighted by atomic mass is 9.47. The quantitative estimate of drug-likeness (QED) is 0.525. The normalized spacial score (nSPS) is 46.5. The highest BCUT2D eigenvalue weighted by atomic mass is 16.3. The van der Waals surface area contributed by atoms with Gasteiger partial charge in [0.05, 0.1) is 12.2 Å². The minimum atomic E-state index is -0.133. The van der Waals surface area contributed by atoms with Crippen molar-refractivity contribution in [2.45, 2.75) is 111 Å². The molecule has 2 nitrogen and oxygen atoms in total. The van der Waals surface area contributed by atoms with E-state index in [0.29, 0.717) is 28.6 Å². The second-order valence-corrected chi connectivity index (χ2v) is 12.3. The summed E-state index contributed by atoms with van der Waals surface area (Å²) in [5, 5.41) is 21.2. The third-order valence-corrected chi connectivity index (χ3v) is 10.4. The number of rotatable bonds is 5. The smallest absolute Gasteiger partial charge is 0.0577 e. The van der Waals surface area contributed by atoms with E-state index in [1.54, 1.807) is 5.57 Å². The average Bonchev–Trinajstić information content (AvgIpc) is 3.03. The third-order valence-electron chi connectivity index (χ3n) is 10.4. The van der Waals surface area contributed by atoms with Gasteiger partial charge in [-0.05, 0) is 111 Å². The standard InChI is InChI=1S/C27H46O2/c1-17(2)6-11-25(29)18(3)22-9-10-23-21-8-7-19-16-20(28)12-14-26(19,4)24(21)13-15-27(22,23)5/h7,17-18,20-25,28-29H,6,8-16H2,1-5H3/t18-,20+,21+,22-,23-,24+,25+,26+,27-/m1/s1. The molecule has 2 N–H and O–H groups in total. The van der Waals surface area contributed by atoms with Gasteiger partial charge < -0.3 is 10.2 Å². The predicted molar refractivity (Wildman–Crippen MR) is 120 cm³/mol. The zero-order valence-electron chi connectivity index (χ0n) is 19.7. The van der Waals surface area contributed by atoms with E-state index in [1.807, 2.05) is 0 Å². The summed E-state index contributed by atoms with van der Waals surface area (Å²) in [5.74, 6) is 4.25. The molecule has 3 saturated carbocycles. The molecule has 166 valence electrons. The van der Waals surface area contributed by atoms with E-state index in [2.05, 4.69) is 40.7 Å². The first-order valence-corrected chi connectivity index (χ1v) is 12.7. The van der Waals surface area contributed by atoms with Crippen molar-refractivity contribution < 1.29 is 10.2 Å². The largest absolute Gasteiger partial charge is 0.393 e. The van der Waals surface area contributed by atoms with Crippen molar-refractivity contribution in [1.29, 1.82) is 0 Å². The minimum absolute atomic E-state index is 0.108. The van der Waals surface area contributed by atoms with Crippen molar-refractivity contribution in [3.8, 4) is 0 Å². The fourth-order valence-corrected chi connectivity index (χ4v) is 8.58. The molecule has 9 atom stereocenters. The van der Waals surface area contributed by atoms with Crippen LogP contribution in [0.4, 0.5) is 0 Å². The maximum atomic E-state index is 11.0. The first kappa shape index (κ1) is 21.9. The van der Waals surface area contributed by atoms with Crippen LogP contribution in [0.25, 0.3) is 0 Å². The summed E-state index contributed by atoms with van der Waals surface area (Å²) in [6.07, 6.45) is 14.1. The van der Waals surface area contributed by atoms with Crippen molar-refractivity contribution in [3.05, 3.63) is 11.6 Å². The van der Waals surface area contributed by atoms with Gasteiger partial charge in [0, 0.05) is 0 Å². The topological polar surface area (TPSA) is 40.5 Å². The Morgan fingerprint density at radius 2 is 1.76 bits per heavy atom. The maximum Gasteiger partial charge on any atom is 0.0577 e. The Bertz CT molecular complexity index is 624. The summed E-state index contributed by atoms with van der Waals surface area (Å²) >= 11 is 0. The molecule has 0 saturated heterocycles. The van der Waals surface area contributed by atoms with Crippen molar-refractivity contribution >= 4 is 0 Å². The van der Waals surface area contributed by atoms with E-state index in [-0.39, 0.29) is 12.2 Å². The summed E-state index contributed by atoms with van der Waals surface area (Å²) in [7, 11) is 0. The van der Waals surface area contributed by atoms with Crippen LogP contribution in [-0.4, -0.2) is 22.4 Å². The van der Waals surface area contributed by atoms with Crippen LogP contribution in [-0.2, 0) is 0 Å². The Hall–Kier alpha value is -0.340. The first-order valence-electron chi connectivity index (χ1n) is 12.7. The summed E-state index contributed by atoms with van der Waals surface area (Å²) in [6.45, 7) is 12.0. The molecule has 0 aliphatic heterocycles. The van der Waals surface area contributed by atoms with Crippen molar-refractivity contribution in [2.24, 2.45) is 46.3 Å². The summed E-state index contributed by atoms with van der Waals surface area (Å²) in [5.41, 5.74) is 2.33. The monoisotopic (exact) mass is 402 g/mol. The van der Waals surface area contributed by atoms with Crippen LogP contribution in [0.15, 0.2) is 11.6 Å². The number of allylic oxidation sites excluding steroid dienone is 1. The van der Waals surface area contributed by atoms with E-state index in [0.717, 1.165) is 43.4 Å². The lowest BCUT2D eigenvalue weighted by Gasteiger charge is -2.58. The van der Waals surface area contributed by atoms with Gasteiger partial charge in [0.1, 0.15) is 0 Å². The van der Waals surface area contributed by atoms with Crippen LogP contribution >= 0.6 is 0 Å². The molecule has 29 heavy (non-hydrogen) atoms. The van der Waals surface area contributed by atoms with E-state index in [4.69, 9.17) is 0 Å². The molecule has 4 rings (SSSR count). The van der Waals surface area contributed by atoms with Gasteiger partial charge in [0.2, 0.25) is 0 Å². The Morgan fingerprint density at radius 1 is 1.00 bits per heavy atom. The van der Waals surface area contributed by atoms with Gasteiger partial charge >= 0.3 is 0 Å². The second kappa shape index (κ2) is 7.97. The van der Waals surface area contributed by atoms with Crippen molar-refractivity contribution in [2.75, 3.05) is 0 Å². The maximum absolute atomic E-state index is 11.0. The van der Waals surface area contributed by atoms with Crippen LogP contribution in [0.2, 0.25) is 0 Å². The molecule has 0 bridgehead atoms. The Kier molecular flexibility index (Phi) is 6.01. The summed E-state index contributed by atoms with van der Waals surface area (Å²) < 4.78 is 0. The molecule has 0 heterocycles. The van der Waals surface area contributed by atoms with Gasteiger partial charge in [0.15, 0.2) is 0 Å². The van der Waals surface area contributed by atoms with E-state index >= 15 is 0 Å². The molecular weight excluding hydrogens is 356 g/mol. The lowest BCUT2D eigenvalue weighted by molar-refractivity contribution is -0.0681. The SMILES string of the molecule is CC(C)CC[C@H](O)[C@H](C)[C@H]1CC[C@@H]2[C@@H]3CC=C4C[C@@H](O)CC[C@]4(C)[C@H]3CC[C@]12C. The Balaban J connectivity index is 1.51. The number of aliphatic hydroxyl groups is 2. The molecule has 0 radical (unpaired) electrons. The third kappa shape index (κ3) is 3.65. The highest BCUT2D eigenvalue weighted by molar-refractivity contribution is 5.25. The molecule has 3 fully saturated rings. The fraction of sp³-hybridized carbons (Fsp3) is 0.926. The lowest BCUT2D eigenvalue weighted by Crippen LogP contribution is -2.51. The second-order valence-electron chi connectivity index (χ2n) is 12.3. The molecule has 0 spiro atoms. The molecule has 0 unspecified atom stereocenters. The molecule has 0 aromatic carbocycles. The van der Waals surface area contributed by atoms with Gasteiger partial charge in [-0.3, -0.25) is 0 Å². The zero-order valence-corrected chi connectivity index (χ0v) is 19.7. The van der Waals surface area contributed by atoms with Gasteiger partial charge in [-0.2, -0.15) is 0 Å². The average molecular weight is 403 g/mol. The summed E-state index contributed by atoms with van der Waals surface area (Å²) in [6, 6.07) is 0. The highest BCUT2D eigenvalue weighted by Crippen LogP contribution is 2.67. The molecule has 4 aliphatic carbocycles. The number of hydrogen-bond acceptors (Lipinski definition) is 2. The molecule has 4 aliphatic rings. The summed E-state index contributed by atoms with van der Waals surface area (Å²) in [4.78, 5) is 0. The van der Waals surface area contributed by atoms with E-state index in [9.17, 15) is 10.2 Å². The fourth-order valence-electron chi connectivity index (χ4n) is 8.58. The predicted octanol–water partition coefficient (Wildman–Crippen LogP) is 6.36. The molecule has 0 aromatic heterocycles. The number of fused-ring (bicyclic) bond motifs is 5. The van der Waals surface area contributed by atoms with Crippen molar-refractivity contribution in [3.63, 3.8) is 0 Å². The number of aliphatic hydroxyl groups excluding tert-OH is 2. The molecular formula is C27H46O2. The Morgan fingerprint density at radius 3 is 2.48 bits per heavy atom. The first-order chi connectivity index (χ1) is 13.7. The zero-order chi connectivity index (χ0) is 21.0. The minimum Gasteiger partial charge on any atom is -0.393 e.